The second-order valence-corrected chi connectivity index (χ2v) is 20.9. The molecule has 2 aromatic rings. The van der Waals surface area contributed by atoms with Crippen molar-refractivity contribution in [1.29, 1.82) is 0 Å². The maximum absolute atomic E-state index is 15.5. The first-order valence-corrected chi connectivity index (χ1v) is 21.6. The third-order valence-electron chi connectivity index (χ3n) is 11.6. The molecular formula is C38H56N4O8Si. The summed E-state index contributed by atoms with van der Waals surface area (Å²) in [5.74, 6) is -0.508. The summed E-state index contributed by atoms with van der Waals surface area (Å²) in [6.45, 7) is 17.6. The second kappa shape index (κ2) is 14.3. The summed E-state index contributed by atoms with van der Waals surface area (Å²) in [5.41, 5.74) is -0.278. The fourth-order valence-electron chi connectivity index (χ4n) is 7.91. The van der Waals surface area contributed by atoms with Crippen molar-refractivity contribution in [3.05, 3.63) is 40.0 Å². The maximum Gasteiger partial charge on any atom is 0.265 e. The molecule has 1 fully saturated rings. The van der Waals surface area contributed by atoms with Crippen LogP contribution >= 0.6 is 0 Å². The molecule has 0 saturated carbocycles. The second-order valence-electron chi connectivity index (χ2n) is 16.2. The van der Waals surface area contributed by atoms with Crippen LogP contribution < -0.4 is 14.4 Å². The quantitative estimate of drug-likeness (QED) is 0.184. The maximum atomic E-state index is 15.5. The molecule has 3 aliphatic carbocycles. The number of anilines is 1. The SMILES string of the molecule is CCCCOc1cnc(N(C)C)c2c1C(=O)C1=C(O)[C@]3(O[Si](C)(C)C(C)(C)C)C(=O)c4c(OCCCC)noc4[C@@H](N4CCOCC4)[C@@H]3C[C@@H]1C2. The Hall–Kier alpha value is -3.26. The molecule has 0 bridgehead atoms. The number of carbonyl (C=O) groups excluding carboxylic acids is 2. The van der Waals surface area contributed by atoms with Crippen molar-refractivity contribution in [3.63, 3.8) is 0 Å². The van der Waals surface area contributed by atoms with Crippen LogP contribution in [0.15, 0.2) is 22.1 Å². The number of pyridine rings is 1. The van der Waals surface area contributed by atoms with Crippen LogP contribution in [0.3, 0.4) is 0 Å². The monoisotopic (exact) mass is 724 g/mol. The van der Waals surface area contributed by atoms with Gasteiger partial charge in [-0.1, -0.05) is 47.5 Å². The number of unbranched alkanes of at least 4 members (excludes halogenated alkanes) is 2. The van der Waals surface area contributed by atoms with Gasteiger partial charge in [0.05, 0.1) is 44.2 Å². The lowest BCUT2D eigenvalue weighted by molar-refractivity contribution is -0.0749. The normalized spacial score (nSPS) is 25.2. The first kappa shape index (κ1) is 37.5. The summed E-state index contributed by atoms with van der Waals surface area (Å²) in [6, 6.07) is -0.488. The molecule has 1 aliphatic heterocycles. The van der Waals surface area contributed by atoms with E-state index in [1.165, 1.54) is 0 Å². The highest BCUT2D eigenvalue weighted by atomic mass is 28.4. The summed E-state index contributed by atoms with van der Waals surface area (Å²) < 4.78 is 31.5. The first-order chi connectivity index (χ1) is 24.2. The van der Waals surface area contributed by atoms with Gasteiger partial charge in [-0.2, -0.15) is 0 Å². The highest BCUT2D eigenvalue weighted by Gasteiger charge is 2.67. The van der Waals surface area contributed by atoms with Crippen LogP contribution in [0.4, 0.5) is 5.82 Å². The Bertz CT molecular complexity index is 1670. The molecule has 51 heavy (non-hydrogen) atoms. The number of morpholine rings is 1. The Morgan fingerprint density at radius 1 is 1.06 bits per heavy atom. The standard InChI is InChI=1S/C38H56N4O8Si/c1-10-12-16-47-26-22-39-35(41(6)7)24-20-23-21-25-30(42-14-18-46-19-15-42)32-29(36(40-49-32)48-17-13-11-2)34(45)38(25,50-51(8,9)37(3,4)5)33(44)27(23)31(43)28(24)26/h22-23,25,30,44H,10-21H2,1-9H3/t23-,25-,30-,38-/m0/s1. The van der Waals surface area contributed by atoms with E-state index in [9.17, 15) is 5.11 Å². The van der Waals surface area contributed by atoms with Crippen LogP contribution in [0, 0.1) is 11.8 Å². The molecule has 4 aliphatic rings. The molecule has 4 atom stereocenters. The highest BCUT2D eigenvalue weighted by Crippen LogP contribution is 2.60. The number of hydrogen-bond acceptors (Lipinski definition) is 12. The van der Waals surface area contributed by atoms with Crippen LogP contribution in [0.25, 0.3) is 0 Å². The number of nitrogens with zero attached hydrogens (tertiary/aromatic N) is 4. The zero-order chi connectivity index (χ0) is 36.9. The van der Waals surface area contributed by atoms with Crippen molar-refractivity contribution in [2.75, 3.05) is 58.5 Å². The number of allylic oxidation sites excluding steroid dienone is 1. The van der Waals surface area contributed by atoms with Gasteiger partial charge in [-0.25, -0.2) is 4.98 Å². The van der Waals surface area contributed by atoms with Gasteiger partial charge in [-0.3, -0.25) is 14.5 Å². The Morgan fingerprint density at radius 2 is 1.73 bits per heavy atom. The first-order valence-electron chi connectivity index (χ1n) is 18.7. The number of rotatable bonds is 12. The molecule has 12 nitrogen and oxygen atoms in total. The Labute approximate surface area is 303 Å². The topological polar surface area (TPSA) is 137 Å². The number of fused-ring (bicyclic) bond motifs is 4. The van der Waals surface area contributed by atoms with Crippen molar-refractivity contribution >= 4 is 25.7 Å². The molecule has 3 heterocycles. The van der Waals surface area contributed by atoms with E-state index in [0.717, 1.165) is 31.2 Å². The van der Waals surface area contributed by atoms with Gasteiger partial charge in [0.25, 0.3) is 5.88 Å². The number of ether oxygens (including phenoxy) is 3. The van der Waals surface area contributed by atoms with E-state index in [1.54, 1.807) is 6.20 Å². The Morgan fingerprint density at radius 3 is 2.35 bits per heavy atom. The molecule has 6 rings (SSSR count). The predicted molar refractivity (Wildman–Crippen MR) is 196 cm³/mol. The van der Waals surface area contributed by atoms with E-state index in [2.05, 4.69) is 57.8 Å². The molecule has 0 radical (unpaired) electrons. The lowest BCUT2D eigenvalue weighted by Crippen LogP contribution is -2.65. The van der Waals surface area contributed by atoms with Gasteiger partial charge >= 0.3 is 0 Å². The smallest absolute Gasteiger partial charge is 0.265 e. The molecule has 2 aromatic heterocycles. The van der Waals surface area contributed by atoms with Crippen molar-refractivity contribution in [3.8, 4) is 11.6 Å². The summed E-state index contributed by atoms with van der Waals surface area (Å²) in [4.78, 5) is 39.4. The van der Waals surface area contributed by atoms with E-state index in [0.29, 0.717) is 75.2 Å². The third kappa shape index (κ3) is 6.31. The van der Waals surface area contributed by atoms with Gasteiger partial charge in [0, 0.05) is 44.2 Å². The Kier molecular flexibility index (Phi) is 10.5. The van der Waals surface area contributed by atoms with Gasteiger partial charge in [0.15, 0.2) is 25.5 Å². The van der Waals surface area contributed by atoms with Crippen molar-refractivity contribution in [2.24, 2.45) is 11.8 Å². The number of Topliss-reactive ketones (excluding diaryl/α,β-unsaturated/α-hetero) is 2. The number of carbonyl (C=O) groups is 2. The number of ketones is 2. The lowest BCUT2D eigenvalue weighted by atomic mass is 9.58. The minimum Gasteiger partial charge on any atom is -0.508 e. The summed E-state index contributed by atoms with van der Waals surface area (Å²) >= 11 is 0. The Balaban J connectivity index is 1.61. The largest absolute Gasteiger partial charge is 0.508 e. The van der Waals surface area contributed by atoms with Gasteiger partial charge in [0.2, 0.25) is 5.78 Å². The van der Waals surface area contributed by atoms with E-state index >= 15 is 9.59 Å². The van der Waals surface area contributed by atoms with Crippen LogP contribution in [0.1, 0.15) is 105 Å². The molecule has 1 saturated heterocycles. The fourth-order valence-corrected chi connectivity index (χ4v) is 9.36. The lowest BCUT2D eigenvalue weighted by Gasteiger charge is -2.56. The molecule has 0 spiro atoms. The van der Waals surface area contributed by atoms with Gasteiger partial charge in [-0.15, -0.1) is 0 Å². The molecule has 0 aromatic carbocycles. The minimum absolute atomic E-state index is 0.104. The number of aliphatic hydroxyl groups excluding tert-OH is 1. The van der Waals surface area contributed by atoms with Crippen LogP contribution in [-0.2, 0) is 15.6 Å². The summed E-state index contributed by atoms with van der Waals surface area (Å²) in [7, 11) is 0.987. The van der Waals surface area contributed by atoms with Crippen LogP contribution in [0.5, 0.6) is 11.6 Å². The molecule has 13 heteroatoms. The summed E-state index contributed by atoms with van der Waals surface area (Å²) in [5, 5.41) is 16.9. The number of hydrogen-bond donors (Lipinski definition) is 1. The van der Waals surface area contributed by atoms with Crippen molar-refractivity contribution < 1.29 is 37.9 Å². The van der Waals surface area contributed by atoms with Gasteiger partial charge in [-0.05, 0) is 54.9 Å². The van der Waals surface area contributed by atoms with E-state index in [-0.39, 0.29) is 33.6 Å². The molecule has 280 valence electrons. The van der Waals surface area contributed by atoms with Gasteiger partial charge in [0.1, 0.15) is 22.9 Å². The molecule has 0 amide bonds. The van der Waals surface area contributed by atoms with Crippen LogP contribution in [-0.4, -0.2) is 99.2 Å². The average Bonchev–Trinajstić information content (AvgIpc) is 3.49. The molecule has 0 unspecified atom stereocenters. The molecular weight excluding hydrogens is 669 g/mol. The van der Waals surface area contributed by atoms with Gasteiger partial charge < -0.3 is 33.2 Å². The number of aromatic nitrogens is 2. The van der Waals surface area contributed by atoms with Crippen molar-refractivity contribution in [1.82, 2.24) is 15.0 Å². The zero-order valence-corrected chi connectivity index (χ0v) is 32.9. The average molecular weight is 725 g/mol. The van der Waals surface area contributed by atoms with E-state index in [1.807, 2.05) is 19.0 Å². The predicted octanol–water partition coefficient (Wildman–Crippen LogP) is 6.71. The fraction of sp³-hybridized carbons (Fsp3) is 0.684. The van der Waals surface area contributed by atoms with E-state index < -0.39 is 37.6 Å². The molecule has 1 N–H and O–H groups in total. The number of aliphatic hydroxyl groups is 1. The van der Waals surface area contributed by atoms with Crippen LogP contribution in [0.2, 0.25) is 18.1 Å². The highest BCUT2D eigenvalue weighted by molar-refractivity contribution is 6.74. The summed E-state index contributed by atoms with van der Waals surface area (Å²) in [6.07, 6.45) is 5.87. The van der Waals surface area contributed by atoms with E-state index in [4.69, 9.17) is 28.1 Å². The third-order valence-corrected chi connectivity index (χ3v) is 16.0. The minimum atomic E-state index is -2.83. The zero-order valence-electron chi connectivity index (χ0n) is 31.9. The van der Waals surface area contributed by atoms with Crippen molar-refractivity contribution in [2.45, 2.75) is 103 Å².